The highest BCUT2D eigenvalue weighted by atomic mass is 16.6. The van der Waals surface area contributed by atoms with Gasteiger partial charge in [0, 0.05) is 6.07 Å². The van der Waals surface area contributed by atoms with Gasteiger partial charge < -0.3 is 18.7 Å². The monoisotopic (exact) mass is 350 g/mol. The Morgan fingerprint density at radius 1 is 1.40 bits per heavy atom. The summed E-state index contributed by atoms with van der Waals surface area (Å²) < 4.78 is 20.7. The summed E-state index contributed by atoms with van der Waals surface area (Å²) in [5.41, 5.74) is -0.0799. The zero-order valence-corrected chi connectivity index (χ0v) is 14.3. The zero-order chi connectivity index (χ0) is 18.6. The van der Waals surface area contributed by atoms with Crippen LogP contribution in [0.15, 0.2) is 22.9 Å². The van der Waals surface area contributed by atoms with E-state index >= 15 is 0 Å². The molecule has 1 heterocycles. The molecular weight excluding hydrogens is 332 g/mol. The second kappa shape index (κ2) is 7.65. The number of aryl methyl sites for hydroxylation is 1. The first-order chi connectivity index (χ1) is 11.9. The summed E-state index contributed by atoms with van der Waals surface area (Å²) in [6, 6.07) is 2.38. The Balaban J connectivity index is 2.37. The van der Waals surface area contributed by atoms with Crippen LogP contribution in [0.4, 0.5) is 5.69 Å². The van der Waals surface area contributed by atoms with Crippen LogP contribution >= 0.6 is 0 Å². The molecule has 2 aromatic rings. The van der Waals surface area contributed by atoms with Crippen LogP contribution < -0.4 is 9.47 Å². The molecule has 2 rings (SSSR count). The molecule has 0 saturated heterocycles. The van der Waals surface area contributed by atoms with Gasteiger partial charge in [-0.2, -0.15) is 0 Å². The fourth-order valence-electron chi connectivity index (χ4n) is 2.28. The van der Waals surface area contributed by atoms with Gasteiger partial charge in [0.1, 0.15) is 17.4 Å². The molecule has 1 atom stereocenters. The number of aromatic nitrogens is 1. The normalized spacial score (nSPS) is 11.7. The van der Waals surface area contributed by atoms with Crippen molar-refractivity contribution in [3.05, 3.63) is 45.3 Å². The zero-order valence-electron chi connectivity index (χ0n) is 14.3. The van der Waals surface area contributed by atoms with E-state index in [9.17, 15) is 14.9 Å². The molecule has 0 aliphatic rings. The minimum atomic E-state index is -0.860. The van der Waals surface area contributed by atoms with Crippen molar-refractivity contribution in [2.24, 2.45) is 0 Å². The molecule has 0 aliphatic heterocycles. The van der Waals surface area contributed by atoms with Crippen molar-refractivity contribution in [1.82, 2.24) is 5.16 Å². The first kappa shape index (κ1) is 18.2. The van der Waals surface area contributed by atoms with Crippen molar-refractivity contribution in [2.75, 3.05) is 13.7 Å². The van der Waals surface area contributed by atoms with E-state index in [-0.39, 0.29) is 17.1 Å². The molecule has 0 radical (unpaired) electrons. The molecule has 9 heteroatoms. The van der Waals surface area contributed by atoms with Crippen molar-refractivity contribution < 1.29 is 28.5 Å². The van der Waals surface area contributed by atoms with Gasteiger partial charge in [-0.05, 0) is 20.8 Å². The van der Waals surface area contributed by atoms with Crippen LogP contribution in [0.3, 0.4) is 0 Å². The molecule has 0 fully saturated rings. The number of nitro groups is 1. The van der Waals surface area contributed by atoms with Crippen molar-refractivity contribution in [2.45, 2.75) is 26.9 Å². The van der Waals surface area contributed by atoms with E-state index in [0.717, 1.165) is 6.07 Å². The smallest absolute Gasteiger partial charge is 0.345 e. The number of esters is 1. The summed E-state index contributed by atoms with van der Waals surface area (Å²) in [6.07, 6.45) is 0.747. The average Bonchev–Trinajstić information content (AvgIpc) is 3.00. The third-order valence-corrected chi connectivity index (χ3v) is 3.51. The van der Waals surface area contributed by atoms with Gasteiger partial charge >= 0.3 is 5.97 Å². The van der Waals surface area contributed by atoms with Crippen LogP contribution in [0.5, 0.6) is 11.5 Å². The van der Waals surface area contributed by atoms with E-state index in [2.05, 4.69) is 5.16 Å². The van der Waals surface area contributed by atoms with Gasteiger partial charge in [0.2, 0.25) is 0 Å². The van der Waals surface area contributed by atoms with Crippen molar-refractivity contribution >= 4 is 11.7 Å². The maximum atomic E-state index is 12.5. The highest BCUT2D eigenvalue weighted by Gasteiger charge is 2.28. The fourth-order valence-corrected chi connectivity index (χ4v) is 2.28. The topological polar surface area (TPSA) is 114 Å². The fraction of sp³-hybridized carbons (Fsp3) is 0.375. The summed E-state index contributed by atoms with van der Waals surface area (Å²) >= 11 is 0. The average molecular weight is 350 g/mol. The van der Waals surface area contributed by atoms with Gasteiger partial charge in [-0.1, -0.05) is 5.16 Å². The van der Waals surface area contributed by atoms with E-state index in [1.807, 2.05) is 0 Å². The Bertz CT molecular complexity index is 785. The number of hydrogen-bond acceptors (Lipinski definition) is 8. The molecule has 0 aliphatic carbocycles. The first-order valence-electron chi connectivity index (χ1n) is 7.50. The lowest BCUT2D eigenvalue weighted by atomic mass is 10.1. The lowest BCUT2D eigenvalue weighted by molar-refractivity contribution is -0.385. The Kier molecular flexibility index (Phi) is 5.58. The minimum absolute atomic E-state index is 0.177. The minimum Gasteiger partial charge on any atom is -0.493 e. The Morgan fingerprint density at radius 3 is 2.64 bits per heavy atom. The van der Waals surface area contributed by atoms with Crippen LogP contribution in [0.25, 0.3) is 0 Å². The molecule has 0 bridgehead atoms. The predicted octanol–water partition coefficient (Wildman–Crippen LogP) is 3.22. The predicted molar refractivity (Wildman–Crippen MR) is 85.9 cm³/mol. The second-order valence-corrected chi connectivity index (χ2v) is 5.10. The molecule has 1 unspecified atom stereocenters. The Morgan fingerprint density at radius 2 is 2.12 bits per heavy atom. The lowest BCUT2D eigenvalue weighted by Crippen LogP contribution is -2.12. The largest absolute Gasteiger partial charge is 0.493 e. The van der Waals surface area contributed by atoms with Crippen LogP contribution in [0.2, 0.25) is 0 Å². The van der Waals surface area contributed by atoms with Gasteiger partial charge in [0.25, 0.3) is 5.69 Å². The van der Waals surface area contributed by atoms with E-state index in [1.165, 1.54) is 19.4 Å². The van der Waals surface area contributed by atoms with Gasteiger partial charge in [0.15, 0.2) is 11.5 Å². The number of nitrogens with zero attached hydrogens (tertiary/aromatic N) is 2. The van der Waals surface area contributed by atoms with Gasteiger partial charge in [0.05, 0.1) is 36.5 Å². The van der Waals surface area contributed by atoms with Gasteiger partial charge in [-0.3, -0.25) is 10.1 Å². The maximum absolute atomic E-state index is 12.5. The van der Waals surface area contributed by atoms with E-state index in [4.69, 9.17) is 18.7 Å². The molecule has 1 aromatic carbocycles. The highest BCUT2D eigenvalue weighted by molar-refractivity contribution is 5.95. The molecular formula is C16H18N2O7. The van der Waals surface area contributed by atoms with Crippen LogP contribution in [-0.4, -0.2) is 29.8 Å². The van der Waals surface area contributed by atoms with Crippen LogP contribution in [0, 0.1) is 17.0 Å². The number of benzene rings is 1. The lowest BCUT2D eigenvalue weighted by Gasteiger charge is -2.14. The van der Waals surface area contributed by atoms with E-state index in [0.29, 0.717) is 17.9 Å². The van der Waals surface area contributed by atoms with Gasteiger partial charge in [-0.15, -0.1) is 0 Å². The number of ether oxygens (including phenoxy) is 3. The quantitative estimate of drug-likeness (QED) is 0.425. The van der Waals surface area contributed by atoms with Crippen LogP contribution in [-0.2, 0) is 4.74 Å². The molecule has 134 valence electrons. The number of nitro benzene ring substituents is 1. The summed E-state index contributed by atoms with van der Waals surface area (Å²) in [5.74, 6) is 0.0182. The number of methoxy groups -OCH3 is 1. The molecule has 0 amide bonds. The number of carbonyl (C=O) groups excluding carboxylic acids is 1. The number of carbonyl (C=O) groups is 1. The summed E-state index contributed by atoms with van der Waals surface area (Å²) in [6.45, 7) is 5.32. The standard InChI is InChI=1S/C16H18N2O7/c1-5-23-15-7-13(18(20)21)11(6-14(15)22-4)16(19)24-9(2)12-8-17-25-10(12)3/h6-9H,5H2,1-4H3. The molecule has 0 saturated carbocycles. The van der Waals surface area contributed by atoms with E-state index < -0.39 is 22.7 Å². The van der Waals surface area contributed by atoms with Crippen molar-refractivity contribution in [1.29, 1.82) is 0 Å². The molecule has 0 spiro atoms. The molecule has 1 aromatic heterocycles. The van der Waals surface area contributed by atoms with Crippen molar-refractivity contribution in [3.8, 4) is 11.5 Å². The first-order valence-corrected chi connectivity index (χ1v) is 7.50. The molecule has 9 nitrogen and oxygen atoms in total. The highest BCUT2D eigenvalue weighted by Crippen LogP contribution is 2.36. The summed E-state index contributed by atoms with van der Waals surface area (Å²) in [4.78, 5) is 23.1. The summed E-state index contributed by atoms with van der Waals surface area (Å²) in [5, 5.41) is 14.9. The molecule has 0 N–H and O–H groups in total. The Labute approximate surface area is 143 Å². The van der Waals surface area contributed by atoms with Crippen molar-refractivity contribution in [3.63, 3.8) is 0 Å². The molecule has 25 heavy (non-hydrogen) atoms. The summed E-state index contributed by atoms with van der Waals surface area (Å²) in [7, 11) is 1.38. The third-order valence-electron chi connectivity index (χ3n) is 3.51. The SMILES string of the molecule is CCOc1cc([N+](=O)[O-])c(C(=O)OC(C)c2cnoc2C)cc1OC. The maximum Gasteiger partial charge on any atom is 0.345 e. The number of rotatable bonds is 7. The third kappa shape index (κ3) is 3.87. The van der Waals surface area contributed by atoms with Gasteiger partial charge in [-0.25, -0.2) is 4.79 Å². The van der Waals surface area contributed by atoms with Crippen LogP contribution in [0.1, 0.15) is 41.6 Å². The number of hydrogen-bond donors (Lipinski definition) is 0. The Hall–Kier alpha value is -3.10. The van der Waals surface area contributed by atoms with E-state index in [1.54, 1.807) is 20.8 Å². The second-order valence-electron chi connectivity index (χ2n) is 5.10.